The minimum absolute atomic E-state index is 0.0351. The zero-order valence-electron chi connectivity index (χ0n) is 16.3. The second kappa shape index (κ2) is 9.42. The van der Waals surface area contributed by atoms with E-state index in [0.717, 1.165) is 11.3 Å². The summed E-state index contributed by atoms with van der Waals surface area (Å²) in [4.78, 5) is 24.5. The van der Waals surface area contributed by atoms with Crippen molar-refractivity contribution in [2.24, 2.45) is 0 Å². The highest BCUT2D eigenvalue weighted by Gasteiger charge is 2.17. The van der Waals surface area contributed by atoms with E-state index in [4.69, 9.17) is 10.00 Å². The van der Waals surface area contributed by atoms with Gasteiger partial charge in [0.1, 0.15) is 4.88 Å². The minimum Gasteiger partial charge on any atom is -0.462 e. The minimum atomic E-state index is -3.89. The Kier molecular flexibility index (Phi) is 6.69. The van der Waals surface area contributed by atoms with Crippen molar-refractivity contribution >= 4 is 43.9 Å². The van der Waals surface area contributed by atoms with Gasteiger partial charge in [-0.05, 0) is 61.5 Å². The lowest BCUT2D eigenvalue weighted by Gasteiger charge is -2.09. The number of thiophene rings is 1. The van der Waals surface area contributed by atoms with Crippen LogP contribution in [-0.4, -0.2) is 26.9 Å². The molecule has 0 saturated carbocycles. The van der Waals surface area contributed by atoms with Gasteiger partial charge in [0.2, 0.25) is 0 Å². The van der Waals surface area contributed by atoms with E-state index < -0.39 is 21.9 Å². The van der Waals surface area contributed by atoms with Gasteiger partial charge in [-0.25, -0.2) is 13.2 Å². The number of ether oxygens (including phenoxy) is 1. The van der Waals surface area contributed by atoms with Gasteiger partial charge >= 0.3 is 5.97 Å². The van der Waals surface area contributed by atoms with Gasteiger partial charge in [-0.3, -0.25) is 9.52 Å². The molecule has 1 amide bonds. The third-order valence-electron chi connectivity index (χ3n) is 3.99. The SMILES string of the molecule is CCOC(=O)c1ccc(NC(=O)c2ccc(S(=O)(=O)Nc3cccc(C#N)c3)cc2)s1. The molecule has 0 fully saturated rings. The summed E-state index contributed by atoms with van der Waals surface area (Å²) in [6.07, 6.45) is 0. The molecule has 10 heteroatoms. The third kappa shape index (κ3) is 5.48. The molecular weight excluding hydrogens is 438 g/mol. The van der Waals surface area contributed by atoms with Crippen LogP contribution in [0, 0.1) is 11.3 Å². The average molecular weight is 456 g/mol. The van der Waals surface area contributed by atoms with E-state index in [1.807, 2.05) is 6.07 Å². The highest BCUT2D eigenvalue weighted by molar-refractivity contribution is 7.92. The van der Waals surface area contributed by atoms with E-state index in [-0.39, 0.29) is 22.8 Å². The predicted octanol–water partition coefficient (Wildman–Crippen LogP) is 3.85. The summed E-state index contributed by atoms with van der Waals surface area (Å²) in [7, 11) is -3.89. The lowest BCUT2D eigenvalue weighted by molar-refractivity contribution is 0.0532. The van der Waals surface area contributed by atoms with Crippen LogP contribution in [0.3, 0.4) is 0 Å². The highest BCUT2D eigenvalue weighted by Crippen LogP contribution is 2.24. The molecule has 3 rings (SSSR count). The highest BCUT2D eigenvalue weighted by atomic mass is 32.2. The zero-order valence-corrected chi connectivity index (χ0v) is 17.9. The van der Waals surface area contributed by atoms with E-state index >= 15 is 0 Å². The maximum absolute atomic E-state index is 12.6. The van der Waals surface area contributed by atoms with Crippen LogP contribution in [0.15, 0.2) is 65.6 Å². The number of nitrogens with one attached hydrogen (secondary N) is 2. The van der Waals surface area contributed by atoms with Crippen LogP contribution in [0.1, 0.15) is 32.5 Å². The number of hydrogen-bond donors (Lipinski definition) is 2. The first-order chi connectivity index (χ1) is 14.8. The number of rotatable bonds is 7. The molecule has 0 atom stereocenters. The van der Waals surface area contributed by atoms with Crippen molar-refractivity contribution in [2.75, 3.05) is 16.6 Å². The molecule has 1 aromatic heterocycles. The van der Waals surface area contributed by atoms with Gasteiger partial charge in [0.05, 0.1) is 33.8 Å². The molecule has 31 heavy (non-hydrogen) atoms. The standard InChI is InChI=1S/C21H17N3O5S2/c1-2-29-21(26)18-10-11-19(30-18)23-20(25)15-6-8-17(9-7-15)31(27,28)24-16-5-3-4-14(12-16)13-22/h3-12,24H,2H2,1H3,(H,23,25). The number of sulfonamides is 1. The second-order valence-corrected chi connectivity index (χ2v) is 8.93. The summed E-state index contributed by atoms with van der Waals surface area (Å²) in [5.74, 6) is -0.911. The van der Waals surface area contributed by atoms with E-state index in [1.54, 1.807) is 31.2 Å². The Balaban J connectivity index is 1.69. The fraction of sp³-hybridized carbons (Fsp3) is 0.0952. The van der Waals surface area contributed by atoms with Gasteiger partial charge in [-0.2, -0.15) is 5.26 Å². The fourth-order valence-electron chi connectivity index (χ4n) is 2.55. The molecule has 0 aliphatic carbocycles. The first kappa shape index (κ1) is 22.0. The monoisotopic (exact) mass is 455 g/mol. The molecule has 0 unspecified atom stereocenters. The van der Waals surface area contributed by atoms with Gasteiger partial charge in [0, 0.05) is 5.56 Å². The number of benzene rings is 2. The predicted molar refractivity (Wildman–Crippen MR) is 117 cm³/mol. The van der Waals surface area contributed by atoms with E-state index in [2.05, 4.69) is 10.0 Å². The fourth-order valence-corrected chi connectivity index (χ4v) is 4.40. The Morgan fingerprint density at radius 2 is 1.84 bits per heavy atom. The number of esters is 1. The Bertz CT molecular complexity index is 1260. The normalized spacial score (nSPS) is 10.7. The van der Waals surface area contributed by atoms with Gasteiger partial charge in [-0.1, -0.05) is 6.07 Å². The van der Waals surface area contributed by atoms with Crippen molar-refractivity contribution in [1.82, 2.24) is 0 Å². The van der Waals surface area contributed by atoms with Crippen molar-refractivity contribution in [2.45, 2.75) is 11.8 Å². The molecule has 3 aromatic rings. The summed E-state index contributed by atoms with van der Waals surface area (Å²) < 4.78 is 32.4. The molecule has 1 heterocycles. The Labute approximate surface area is 183 Å². The summed E-state index contributed by atoms with van der Waals surface area (Å²) in [5.41, 5.74) is 0.833. The van der Waals surface area contributed by atoms with Crippen molar-refractivity contribution in [3.8, 4) is 6.07 Å². The molecule has 0 spiro atoms. The summed E-state index contributed by atoms with van der Waals surface area (Å²) in [5, 5.41) is 12.1. The van der Waals surface area contributed by atoms with Crippen molar-refractivity contribution in [3.63, 3.8) is 0 Å². The maximum atomic E-state index is 12.6. The van der Waals surface area contributed by atoms with E-state index in [1.165, 1.54) is 36.4 Å². The maximum Gasteiger partial charge on any atom is 0.348 e. The van der Waals surface area contributed by atoms with E-state index in [0.29, 0.717) is 15.4 Å². The summed E-state index contributed by atoms with van der Waals surface area (Å²) >= 11 is 1.08. The molecule has 0 aliphatic heterocycles. The number of hydrogen-bond acceptors (Lipinski definition) is 7. The van der Waals surface area contributed by atoms with Gasteiger partial charge in [0.15, 0.2) is 0 Å². The number of carbonyl (C=O) groups excluding carboxylic acids is 2. The van der Waals surface area contributed by atoms with Crippen LogP contribution in [0.25, 0.3) is 0 Å². The molecule has 0 saturated heterocycles. The number of carbonyl (C=O) groups is 2. The van der Waals surface area contributed by atoms with Crippen molar-refractivity contribution < 1.29 is 22.7 Å². The van der Waals surface area contributed by atoms with Crippen LogP contribution < -0.4 is 10.0 Å². The smallest absolute Gasteiger partial charge is 0.348 e. The first-order valence-corrected chi connectivity index (χ1v) is 11.3. The van der Waals surface area contributed by atoms with Crippen LogP contribution in [0.4, 0.5) is 10.7 Å². The summed E-state index contributed by atoms with van der Waals surface area (Å²) in [6.45, 7) is 1.96. The average Bonchev–Trinajstić information content (AvgIpc) is 3.22. The molecule has 0 aliphatic rings. The molecule has 0 bridgehead atoms. The van der Waals surface area contributed by atoms with Gasteiger partial charge in [-0.15, -0.1) is 11.3 Å². The number of nitriles is 1. The van der Waals surface area contributed by atoms with E-state index in [9.17, 15) is 18.0 Å². The van der Waals surface area contributed by atoms with Crippen LogP contribution in [-0.2, 0) is 14.8 Å². The van der Waals surface area contributed by atoms with Crippen LogP contribution in [0.5, 0.6) is 0 Å². The Morgan fingerprint density at radius 3 is 2.52 bits per heavy atom. The lowest BCUT2D eigenvalue weighted by atomic mass is 10.2. The molecule has 8 nitrogen and oxygen atoms in total. The van der Waals surface area contributed by atoms with Gasteiger partial charge in [0.25, 0.3) is 15.9 Å². The largest absolute Gasteiger partial charge is 0.462 e. The second-order valence-electron chi connectivity index (χ2n) is 6.16. The quantitative estimate of drug-likeness (QED) is 0.521. The first-order valence-electron chi connectivity index (χ1n) is 9.04. The van der Waals surface area contributed by atoms with Crippen molar-refractivity contribution in [3.05, 3.63) is 76.7 Å². The molecule has 2 N–H and O–H groups in total. The Morgan fingerprint density at radius 1 is 1.10 bits per heavy atom. The Hall–Kier alpha value is -3.68. The zero-order chi connectivity index (χ0) is 22.4. The molecular formula is C21H17N3O5S2. The molecule has 0 radical (unpaired) electrons. The number of amides is 1. The van der Waals surface area contributed by atoms with Crippen LogP contribution in [0.2, 0.25) is 0 Å². The topological polar surface area (TPSA) is 125 Å². The molecule has 158 valence electrons. The molecule has 2 aromatic carbocycles. The lowest BCUT2D eigenvalue weighted by Crippen LogP contribution is -2.14. The third-order valence-corrected chi connectivity index (χ3v) is 6.37. The van der Waals surface area contributed by atoms with Crippen LogP contribution >= 0.6 is 11.3 Å². The number of anilines is 2. The summed E-state index contributed by atoms with van der Waals surface area (Å²) in [6, 6.07) is 16.6. The number of nitrogens with zero attached hydrogens (tertiary/aromatic N) is 1. The van der Waals surface area contributed by atoms with Gasteiger partial charge < -0.3 is 10.1 Å². The van der Waals surface area contributed by atoms with Crippen molar-refractivity contribution in [1.29, 1.82) is 5.26 Å².